The molecule has 0 saturated carbocycles. The lowest BCUT2D eigenvalue weighted by atomic mass is 9.96. The monoisotopic (exact) mass is 428 g/mol. The van der Waals surface area contributed by atoms with Crippen LogP contribution in [-0.2, 0) is 0 Å². The van der Waals surface area contributed by atoms with Crippen molar-refractivity contribution in [2.45, 2.75) is 52.0 Å². The summed E-state index contributed by atoms with van der Waals surface area (Å²) < 4.78 is 1.32. The Morgan fingerprint density at radius 2 is 1.35 bits per heavy atom. The molecule has 3 rings (SSSR count). The molecule has 2 aliphatic heterocycles. The number of hydrogen-bond donors (Lipinski definition) is 2. The van der Waals surface area contributed by atoms with Gasteiger partial charge < -0.3 is 10.2 Å². The number of anilines is 2. The van der Waals surface area contributed by atoms with Gasteiger partial charge in [-0.25, -0.2) is 0 Å². The Kier molecular flexibility index (Phi) is 5.40. The van der Waals surface area contributed by atoms with Crippen LogP contribution in [-0.4, -0.2) is 41.8 Å². The van der Waals surface area contributed by atoms with E-state index in [0.29, 0.717) is 20.1 Å². The van der Waals surface area contributed by atoms with Crippen LogP contribution in [0.5, 0.6) is 0 Å². The van der Waals surface area contributed by atoms with Crippen molar-refractivity contribution in [3.8, 4) is 0 Å². The van der Waals surface area contributed by atoms with Gasteiger partial charge in [0.1, 0.15) is 20.1 Å². The first-order valence-corrected chi connectivity index (χ1v) is 11.3. The van der Waals surface area contributed by atoms with E-state index in [1.807, 2.05) is 16.7 Å². The van der Waals surface area contributed by atoms with Gasteiger partial charge in [-0.3, -0.25) is 9.80 Å². The first-order valence-electron chi connectivity index (χ1n) is 8.49. The third-order valence-electron chi connectivity index (χ3n) is 4.79. The molecule has 0 aromatic heterocycles. The van der Waals surface area contributed by atoms with Gasteiger partial charge in [0.05, 0.1) is 11.4 Å². The van der Waals surface area contributed by atoms with Crippen LogP contribution < -0.4 is 9.80 Å². The molecular formula is C18H24N2O2S4. The van der Waals surface area contributed by atoms with E-state index < -0.39 is 11.4 Å². The molecule has 0 radical (unpaired) electrons. The van der Waals surface area contributed by atoms with Gasteiger partial charge in [0.15, 0.2) is 0 Å². The molecule has 26 heavy (non-hydrogen) atoms. The number of aliphatic hydroxyl groups is 2. The minimum Gasteiger partial charge on any atom is -0.370 e. The van der Waals surface area contributed by atoms with Crippen LogP contribution in [0.25, 0.3) is 0 Å². The average Bonchev–Trinajstić information content (AvgIpc) is 2.95. The summed E-state index contributed by atoms with van der Waals surface area (Å²) in [4.78, 5) is 3.66. The lowest BCUT2D eigenvalue weighted by molar-refractivity contribution is 0.0994. The zero-order valence-electron chi connectivity index (χ0n) is 15.6. The highest BCUT2D eigenvalue weighted by molar-refractivity contribution is 8.24. The van der Waals surface area contributed by atoms with Gasteiger partial charge in [0.2, 0.25) is 0 Å². The van der Waals surface area contributed by atoms with Crippen LogP contribution in [0, 0.1) is 6.92 Å². The van der Waals surface area contributed by atoms with E-state index >= 15 is 0 Å². The Balaban J connectivity index is 2.22. The third kappa shape index (κ3) is 3.40. The molecule has 4 nitrogen and oxygen atoms in total. The van der Waals surface area contributed by atoms with Crippen molar-refractivity contribution in [1.29, 1.82) is 0 Å². The van der Waals surface area contributed by atoms with Gasteiger partial charge in [0, 0.05) is 11.5 Å². The quantitative estimate of drug-likeness (QED) is 0.694. The second-order valence-electron chi connectivity index (χ2n) is 7.55. The minimum atomic E-state index is -1.04. The topological polar surface area (TPSA) is 46.9 Å². The second-order valence-corrected chi connectivity index (χ2v) is 10.8. The van der Waals surface area contributed by atoms with E-state index in [-0.39, 0.29) is 5.92 Å². The SMILES string of the molecule is Cc1c(N2C(=S)SCC2(C)O)cc(C(C)C)cc1N1C(=S)SCC1(C)O. The van der Waals surface area contributed by atoms with Crippen molar-refractivity contribution in [3.63, 3.8) is 0 Å². The van der Waals surface area contributed by atoms with Crippen molar-refractivity contribution < 1.29 is 10.2 Å². The van der Waals surface area contributed by atoms with Crippen molar-refractivity contribution in [2.24, 2.45) is 0 Å². The molecule has 2 saturated heterocycles. The zero-order valence-corrected chi connectivity index (χ0v) is 18.8. The molecule has 2 atom stereocenters. The second kappa shape index (κ2) is 6.90. The van der Waals surface area contributed by atoms with Gasteiger partial charge in [-0.2, -0.15) is 0 Å². The van der Waals surface area contributed by atoms with E-state index in [1.165, 1.54) is 23.5 Å². The molecular weight excluding hydrogens is 404 g/mol. The lowest BCUT2D eigenvalue weighted by Crippen LogP contribution is -2.46. The maximum Gasteiger partial charge on any atom is 0.149 e. The molecule has 2 aliphatic rings. The third-order valence-corrected chi connectivity index (χ3v) is 8.10. The van der Waals surface area contributed by atoms with E-state index in [4.69, 9.17) is 24.4 Å². The van der Waals surface area contributed by atoms with Crippen molar-refractivity contribution in [3.05, 3.63) is 23.3 Å². The molecule has 0 aliphatic carbocycles. The summed E-state index contributed by atoms with van der Waals surface area (Å²) in [5.41, 5.74) is 1.74. The summed E-state index contributed by atoms with van der Waals surface area (Å²) in [7, 11) is 0. The van der Waals surface area contributed by atoms with Crippen LogP contribution in [0.1, 0.15) is 44.7 Å². The fourth-order valence-electron chi connectivity index (χ4n) is 3.27. The van der Waals surface area contributed by atoms with Crippen LogP contribution in [0.2, 0.25) is 0 Å². The molecule has 142 valence electrons. The number of thiocarbonyl (C=S) groups is 2. The number of benzene rings is 1. The standard InChI is InChI=1S/C18H24N2O2S4/c1-10(2)12-6-13(19-15(23)25-8-17(19,4)21)11(3)14(7-12)20-16(24)26-9-18(20,5)22/h6-7,10,21-22H,8-9H2,1-5H3. The summed E-state index contributed by atoms with van der Waals surface area (Å²) in [6, 6.07) is 4.19. The highest BCUT2D eigenvalue weighted by Gasteiger charge is 2.43. The molecule has 0 bridgehead atoms. The lowest BCUT2D eigenvalue weighted by Gasteiger charge is -2.36. The van der Waals surface area contributed by atoms with Gasteiger partial charge in [-0.05, 0) is 49.9 Å². The van der Waals surface area contributed by atoms with E-state index in [9.17, 15) is 10.2 Å². The summed E-state index contributed by atoms with van der Waals surface area (Å²) >= 11 is 14.0. The van der Waals surface area contributed by atoms with Crippen molar-refractivity contribution in [1.82, 2.24) is 0 Å². The maximum atomic E-state index is 10.9. The van der Waals surface area contributed by atoms with Gasteiger partial charge in [0.25, 0.3) is 0 Å². The minimum absolute atomic E-state index is 0.288. The van der Waals surface area contributed by atoms with Gasteiger partial charge >= 0.3 is 0 Å². The number of nitrogens with zero attached hydrogens (tertiary/aromatic N) is 2. The molecule has 2 N–H and O–H groups in total. The van der Waals surface area contributed by atoms with Crippen molar-refractivity contribution in [2.75, 3.05) is 21.3 Å². The highest BCUT2D eigenvalue weighted by atomic mass is 32.2. The predicted molar refractivity (Wildman–Crippen MR) is 122 cm³/mol. The summed E-state index contributed by atoms with van der Waals surface area (Å²) in [6.45, 7) is 9.82. The predicted octanol–water partition coefficient (Wildman–Crippen LogP) is 4.21. The fourth-order valence-corrected chi connectivity index (χ4v) is 6.11. The normalized spacial score (nSPS) is 29.4. The largest absolute Gasteiger partial charge is 0.370 e. The Bertz CT molecular complexity index is 719. The van der Waals surface area contributed by atoms with Crippen molar-refractivity contribution >= 4 is 68.0 Å². The first-order chi connectivity index (χ1) is 12.0. The molecule has 1 aromatic carbocycles. The van der Waals surface area contributed by atoms with Gasteiger partial charge in [-0.15, -0.1) is 0 Å². The Morgan fingerprint density at radius 3 is 1.62 bits per heavy atom. The zero-order chi connectivity index (χ0) is 19.4. The Labute approximate surface area is 174 Å². The molecule has 1 aromatic rings. The van der Waals surface area contributed by atoms with E-state index in [0.717, 1.165) is 22.5 Å². The first kappa shape index (κ1) is 20.4. The molecule has 0 spiro atoms. The van der Waals surface area contributed by atoms with E-state index in [1.54, 1.807) is 13.8 Å². The molecule has 8 heteroatoms. The van der Waals surface area contributed by atoms with Gasteiger partial charge in [-0.1, -0.05) is 61.8 Å². The molecule has 0 amide bonds. The number of hydrogen-bond acceptors (Lipinski definition) is 6. The smallest absolute Gasteiger partial charge is 0.149 e. The maximum absolute atomic E-state index is 10.9. The Morgan fingerprint density at radius 1 is 0.962 bits per heavy atom. The average molecular weight is 429 g/mol. The number of thioether (sulfide) groups is 2. The fraction of sp³-hybridized carbons (Fsp3) is 0.556. The summed E-state index contributed by atoms with van der Waals surface area (Å²) in [5.74, 6) is 1.35. The highest BCUT2D eigenvalue weighted by Crippen LogP contribution is 2.45. The molecule has 2 fully saturated rings. The molecule has 2 unspecified atom stereocenters. The number of rotatable bonds is 3. The van der Waals surface area contributed by atoms with Crippen LogP contribution >= 0.6 is 48.0 Å². The summed E-state index contributed by atoms with van der Waals surface area (Å²) in [5, 5.41) is 21.7. The molecule has 2 heterocycles. The van der Waals surface area contributed by atoms with E-state index in [2.05, 4.69) is 26.0 Å². The summed E-state index contributed by atoms with van der Waals surface area (Å²) in [6.07, 6.45) is 0. The Hall–Kier alpha value is -0.380. The van der Waals surface area contributed by atoms with Crippen LogP contribution in [0.15, 0.2) is 12.1 Å². The van der Waals surface area contributed by atoms with Crippen LogP contribution in [0.3, 0.4) is 0 Å². The van der Waals surface area contributed by atoms with Crippen LogP contribution in [0.4, 0.5) is 11.4 Å².